The molecule has 0 radical (unpaired) electrons. The van der Waals surface area contributed by atoms with Crippen LogP contribution < -0.4 is 10.1 Å². The van der Waals surface area contributed by atoms with Gasteiger partial charge >= 0.3 is 5.97 Å². The minimum absolute atomic E-state index is 0.140. The highest BCUT2D eigenvalue weighted by molar-refractivity contribution is 5.85. The van der Waals surface area contributed by atoms with E-state index in [-0.39, 0.29) is 18.2 Å². The number of fused-ring (bicyclic) bond motifs is 3. The van der Waals surface area contributed by atoms with Crippen LogP contribution in [0.1, 0.15) is 43.9 Å². The van der Waals surface area contributed by atoms with Gasteiger partial charge in [0.15, 0.2) is 0 Å². The lowest BCUT2D eigenvalue weighted by Crippen LogP contribution is -2.42. The Hall–Kier alpha value is -2.14. The molecule has 3 aliphatic rings. The van der Waals surface area contributed by atoms with Crippen LogP contribution in [0.15, 0.2) is 24.3 Å². The van der Waals surface area contributed by atoms with Crippen molar-refractivity contribution < 1.29 is 14.3 Å². The summed E-state index contributed by atoms with van der Waals surface area (Å²) in [6, 6.07) is 8.14. The zero-order chi connectivity index (χ0) is 17.1. The van der Waals surface area contributed by atoms with Gasteiger partial charge < -0.3 is 14.8 Å². The molecule has 1 atom stereocenters. The Morgan fingerprint density at radius 3 is 2.92 bits per heavy atom. The van der Waals surface area contributed by atoms with Crippen molar-refractivity contribution in [2.75, 3.05) is 6.54 Å². The van der Waals surface area contributed by atoms with Crippen LogP contribution in [-0.2, 0) is 22.6 Å². The van der Waals surface area contributed by atoms with Gasteiger partial charge in [0, 0.05) is 36.4 Å². The minimum atomic E-state index is -0.298. The first-order valence-electron chi connectivity index (χ1n) is 9.06. The SMILES string of the molecule is CC(=O)OCc1nc2ccccc2c2c1OC1(CC2)CNC2(CC2)C1. The van der Waals surface area contributed by atoms with Crippen molar-refractivity contribution in [3.63, 3.8) is 0 Å². The number of nitrogens with one attached hydrogen (secondary N) is 1. The van der Waals surface area contributed by atoms with Gasteiger partial charge in [0.25, 0.3) is 0 Å². The van der Waals surface area contributed by atoms with E-state index in [9.17, 15) is 4.79 Å². The molecule has 5 nitrogen and oxygen atoms in total. The predicted molar refractivity (Wildman–Crippen MR) is 93.5 cm³/mol. The Morgan fingerprint density at radius 1 is 1.32 bits per heavy atom. The fraction of sp³-hybridized carbons (Fsp3) is 0.500. The Labute approximate surface area is 146 Å². The summed E-state index contributed by atoms with van der Waals surface area (Å²) in [6.07, 6.45) is 5.57. The van der Waals surface area contributed by atoms with Gasteiger partial charge in [-0.15, -0.1) is 0 Å². The third-order valence-corrected chi connectivity index (χ3v) is 5.88. The molecule has 2 fully saturated rings. The quantitative estimate of drug-likeness (QED) is 0.853. The van der Waals surface area contributed by atoms with E-state index in [2.05, 4.69) is 11.4 Å². The van der Waals surface area contributed by atoms with Crippen LogP contribution in [0.3, 0.4) is 0 Å². The maximum Gasteiger partial charge on any atom is 0.303 e. The van der Waals surface area contributed by atoms with E-state index in [1.54, 1.807) is 0 Å². The summed E-state index contributed by atoms with van der Waals surface area (Å²) in [5, 5.41) is 4.82. The monoisotopic (exact) mass is 338 g/mol. The van der Waals surface area contributed by atoms with Gasteiger partial charge in [0.05, 0.1) is 5.52 Å². The number of hydrogen-bond donors (Lipinski definition) is 1. The number of carbonyl (C=O) groups excluding carboxylic acids is 1. The highest BCUT2D eigenvalue weighted by Gasteiger charge is 2.57. The molecule has 2 spiro atoms. The maximum atomic E-state index is 11.3. The number of aryl methyl sites for hydroxylation is 1. The topological polar surface area (TPSA) is 60.5 Å². The molecular weight excluding hydrogens is 316 g/mol. The number of esters is 1. The van der Waals surface area contributed by atoms with Crippen LogP contribution in [-0.4, -0.2) is 28.6 Å². The van der Waals surface area contributed by atoms with E-state index in [0.717, 1.165) is 48.2 Å². The summed E-state index contributed by atoms with van der Waals surface area (Å²) in [6.45, 7) is 2.48. The second kappa shape index (κ2) is 5.18. The van der Waals surface area contributed by atoms with E-state index in [4.69, 9.17) is 14.5 Å². The third kappa shape index (κ3) is 2.49. The molecule has 2 aliphatic heterocycles. The van der Waals surface area contributed by atoms with Crippen LogP contribution >= 0.6 is 0 Å². The molecular formula is C20H22N2O3. The number of pyridine rings is 1. The molecule has 1 saturated heterocycles. The van der Waals surface area contributed by atoms with E-state index in [1.807, 2.05) is 18.2 Å². The van der Waals surface area contributed by atoms with Crippen molar-refractivity contribution in [1.29, 1.82) is 0 Å². The lowest BCUT2D eigenvalue weighted by atomic mass is 9.87. The molecule has 1 N–H and O–H groups in total. The van der Waals surface area contributed by atoms with Crippen molar-refractivity contribution in [2.45, 2.75) is 56.8 Å². The smallest absolute Gasteiger partial charge is 0.303 e. The first kappa shape index (κ1) is 15.1. The van der Waals surface area contributed by atoms with Crippen molar-refractivity contribution in [2.24, 2.45) is 0 Å². The summed E-state index contributed by atoms with van der Waals surface area (Å²) in [4.78, 5) is 16.0. The first-order valence-corrected chi connectivity index (χ1v) is 9.06. The lowest BCUT2D eigenvalue weighted by molar-refractivity contribution is -0.142. The van der Waals surface area contributed by atoms with Crippen molar-refractivity contribution in [3.05, 3.63) is 35.5 Å². The Morgan fingerprint density at radius 2 is 2.16 bits per heavy atom. The molecule has 0 amide bonds. The average Bonchev–Trinajstić information content (AvgIpc) is 3.28. The largest absolute Gasteiger partial charge is 0.483 e. The number of rotatable bonds is 2. The molecule has 1 saturated carbocycles. The molecule has 2 aromatic rings. The number of carbonyl (C=O) groups is 1. The molecule has 25 heavy (non-hydrogen) atoms. The van der Waals surface area contributed by atoms with Crippen LogP contribution in [0, 0.1) is 0 Å². The van der Waals surface area contributed by atoms with Crippen molar-refractivity contribution in [1.82, 2.24) is 10.3 Å². The molecule has 5 rings (SSSR count). The summed E-state index contributed by atoms with van der Waals surface area (Å²) in [5.74, 6) is 0.541. The highest BCUT2D eigenvalue weighted by Crippen LogP contribution is 2.51. The number of aromatic nitrogens is 1. The van der Waals surface area contributed by atoms with Gasteiger partial charge in [-0.1, -0.05) is 18.2 Å². The molecule has 1 aromatic heterocycles. The Bertz CT molecular complexity index is 875. The molecule has 3 heterocycles. The average molecular weight is 338 g/mol. The van der Waals surface area contributed by atoms with Crippen LogP contribution in [0.2, 0.25) is 0 Å². The van der Waals surface area contributed by atoms with Gasteiger partial charge in [-0.3, -0.25) is 4.79 Å². The van der Waals surface area contributed by atoms with Crippen LogP contribution in [0.5, 0.6) is 5.75 Å². The first-order chi connectivity index (χ1) is 12.1. The summed E-state index contributed by atoms with van der Waals surface area (Å²) in [5.41, 5.74) is 3.05. The van der Waals surface area contributed by atoms with Gasteiger partial charge in [0.1, 0.15) is 23.7 Å². The number of para-hydroxylation sites is 1. The van der Waals surface area contributed by atoms with E-state index >= 15 is 0 Å². The lowest BCUT2D eigenvalue weighted by Gasteiger charge is -2.36. The van der Waals surface area contributed by atoms with E-state index in [0.29, 0.717) is 5.54 Å². The Balaban J connectivity index is 1.58. The fourth-order valence-electron chi connectivity index (χ4n) is 4.42. The number of nitrogens with zero attached hydrogens (tertiary/aromatic N) is 1. The molecule has 1 unspecified atom stereocenters. The van der Waals surface area contributed by atoms with Gasteiger partial charge in [-0.2, -0.15) is 0 Å². The van der Waals surface area contributed by atoms with Gasteiger partial charge in [-0.25, -0.2) is 4.98 Å². The Kier molecular flexibility index (Phi) is 3.14. The molecule has 5 heteroatoms. The highest BCUT2D eigenvalue weighted by atomic mass is 16.5. The normalized spacial score (nSPS) is 25.8. The molecule has 1 aliphatic carbocycles. The van der Waals surface area contributed by atoms with Crippen molar-refractivity contribution >= 4 is 16.9 Å². The molecule has 130 valence electrons. The summed E-state index contributed by atoms with van der Waals surface area (Å²) >= 11 is 0. The standard InChI is InChI=1S/C20H22N2O3/c1-13(23)24-10-17-18-15(14-4-2-3-5-16(14)22-17)6-7-20(25-18)11-19(8-9-19)21-12-20/h2-5,21H,6-12H2,1H3. The molecule has 0 bridgehead atoms. The predicted octanol–water partition coefficient (Wildman–Crippen LogP) is 2.89. The van der Waals surface area contributed by atoms with E-state index in [1.165, 1.54) is 25.3 Å². The zero-order valence-corrected chi connectivity index (χ0v) is 14.4. The second-order valence-electron chi connectivity index (χ2n) is 7.76. The summed E-state index contributed by atoms with van der Waals surface area (Å²) < 4.78 is 11.9. The van der Waals surface area contributed by atoms with Crippen molar-refractivity contribution in [3.8, 4) is 5.75 Å². The zero-order valence-electron chi connectivity index (χ0n) is 14.4. The van der Waals surface area contributed by atoms with Crippen LogP contribution in [0.4, 0.5) is 0 Å². The second-order valence-corrected chi connectivity index (χ2v) is 7.76. The fourth-order valence-corrected chi connectivity index (χ4v) is 4.42. The van der Waals surface area contributed by atoms with E-state index < -0.39 is 0 Å². The van der Waals surface area contributed by atoms with Gasteiger partial charge in [-0.05, 0) is 31.7 Å². The maximum absolute atomic E-state index is 11.3. The number of benzene rings is 1. The summed E-state index contributed by atoms with van der Waals surface area (Å²) in [7, 11) is 0. The molecule has 1 aromatic carbocycles. The number of ether oxygens (including phenoxy) is 2. The van der Waals surface area contributed by atoms with Gasteiger partial charge in [0.2, 0.25) is 0 Å². The minimum Gasteiger partial charge on any atom is -0.483 e. The third-order valence-electron chi connectivity index (χ3n) is 5.88. The number of hydrogen-bond acceptors (Lipinski definition) is 5. The van der Waals surface area contributed by atoms with Crippen LogP contribution in [0.25, 0.3) is 10.9 Å².